The average Bonchev–Trinajstić information content (AvgIpc) is 2.99. The molecule has 2 rings (SSSR count). The van der Waals surface area contributed by atoms with Crippen LogP contribution in [-0.4, -0.2) is 60.3 Å². The van der Waals surface area contributed by atoms with E-state index in [2.05, 4.69) is 15.2 Å². The Bertz CT molecular complexity index is 461. The van der Waals surface area contributed by atoms with Crippen molar-refractivity contribution in [2.75, 3.05) is 39.0 Å². The fourth-order valence-electron chi connectivity index (χ4n) is 2.23. The van der Waals surface area contributed by atoms with Crippen LogP contribution in [0.15, 0.2) is 11.6 Å². The zero-order valence-electron chi connectivity index (χ0n) is 11.8. The lowest BCUT2D eigenvalue weighted by atomic mass is 10.1. The number of nitrogens with zero attached hydrogens (tertiary/aromatic N) is 3. The number of anilines is 1. The van der Waals surface area contributed by atoms with E-state index in [9.17, 15) is 9.59 Å². The summed E-state index contributed by atoms with van der Waals surface area (Å²) in [4.78, 5) is 31.8. The second-order valence-electron chi connectivity index (χ2n) is 5.22. The molecule has 6 nitrogen and oxygen atoms in total. The molecular weight excluding hydrogens is 276 g/mol. The molecule has 20 heavy (non-hydrogen) atoms. The van der Waals surface area contributed by atoms with E-state index in [1.807, 2.05) is 19.5 Å². The molecule has 1 aromatic rings. The number of rotatable bonds is 6. The van der Waals surface area contributed by atoms with Crippen molar-refractivity contribution in [2.24, 2.45) is 5.92 Å². The first kappa shape index (κ1) is 14.9. The van der Waals surface area contributed by atoms with Gasteiger partial charge in [0.1, 0.15) is 0 Å². The van der Waals surface area contributed by atoms with Crippen molar-refractivity contribution >= 4 is 28.3 Å². The Labute approximate surface area is 122 Å². The third kappa shape index (κ3) is 4.01. The SMILES string of the molecule is CN(C)CCCN1CC(C(=O)Nc2nccs2)CC1=O. The highest BCUT2D eigenvalue weighted by atomic mass is 32.1. The maximum Gasteiger partial charge on any atom is 0.231 e. The number of amides is 2. The molecular formula is C13H20N4O2S. The molecule has 2 amide bonds. The lowest BCUT2D eigenvalue weighted by Crippen LogP contribution is -2.30. The largest absolute Gasteiger partial charge is 0.342 e. The first-order valence-corrected chi connectivity index (χ1v) is 7.57. The van der Waals surface area contributed by atoms with Crippen molar-refractivity contribution in [3.05, 3.63) is 11.6 Å². The predicted molar refractivity (Wildman–Crippen MR) is 78.6 cm³/mol. The fourth-order valence-corrected chi connectivity index (χ4v) is 2.77. The van der Waals surface area contributed by atoms with Gasteiger partial charge in [-0.1, -0.05) is 0 Å². The summed E-state index contributed by atoms with van der Waals surface area (Å²) in [5, 5.41) is 5.16. The van der Waals surface area contributed by atoms with Crippen molar-refractivity contribution < 1.29 is 9.59 Å². The molecule has 2 heterocycles. The Hall–Kier alpha value is -1.47. The van der Waals surface area contributed by atoms with Crippen molar-refractivity contribution in [1.82, 2.24) is 14.8 Å². The number of thiazole rings is 1. The highest BCUT2D eigenvalue weighted by Crippen LogP contribution is 2.20. The van der Waals surface area contributed by atoms with Crippen LogP contribution < -0.4 is 5.32 Å². The Kier molecular flexibility index (Phi) is 5.08. The number of aromatic nitrogens is 1. The topological polar surface area (TPSA) is 65.5 Å². The van der Waals surface area contributed by atoms with E-state index < -0.39 is 0 Å². The van der Waals surface area contributed by atoms with Gasteiger partial charge in [-0.2, -0.15) is 0 Å². The van der Waals surface area contributed by atoms with Crippen LogP contribution in [0.25, 0.3) is 0 Å². The molecule has 0 saturated carbocycles. The summed E-state index contributed by atoms with van der Waals surface area (Å²) in [7, 11) is 4.02. The third-order valence-electron chi connectivity index (χ3n) is 3.28. The van der Waals surface area contributed by atoms with E-state index >= 15 is 0 Å². The van der Waals surface area contributed by atoms with E-state index in [-0.39, 0.29) is 17.7 Å². The van der Waals surface area contributed by atoms with Gasteiger partial charge in [-0.05, 0) is 27.1 Å². The van der Waals surface area contributed by atoms with Gasteiger partial charge in [-0.25, -0.2) is 4.98 Å². The van der Waals surface area contributed by atoms with Crippen LogP contribution in [0, 0.1) is 5.92 Å². The van der Waals surface area contributed by atoms with E-state index in [1.54, 1.807) is 11.1 Å². The number of hydrogen-bond donors (Lipinski definition) is 1. The zero-order valence-corrected chi connectivity index (χ0v) is 12.7. The summed E-state index contributed by atoms with van der Waals surface area (Å²) in [6.45, 7) is 2.18. The molecule has 1 saturated heterocycles. The predicted octanol–water partition coefficient (Wildman–Crippen LogP) is 0.882. The minimum Gasteiger partial charge on any atom is -0.342 e. The van der Waals surface area contributed by atoms with Crippen LogP contribution in [-0.2, 0) is 9.59 Å². The minimum atomic E-state index is -0.259. The first-order chi connectivity index (χ1) is 9.56. The number of carbonyl (C=O) groups excluding carboxylic acids is 2. The molecule has 1 N–H and O–H groups in total. The second-order valence-corrected chi connectivity index (χ2v) is 6.12. The standard InChI is InChI=1S/C13H20N4O2S/c1-16(2)5-3-6-17-9-10(8-11(17)18)12(19)15-13-14-4-7-20-13/h4,7,10H,3,5-6,8-9H2,1-2H3,(H,14,15,19). The van der Waals surface area contributed by atoms with Crippen molar-refractivity contribution in [1.29, 1.82) is 0 Å². The monoisotopic (exact) mass is 296 g/mol. The van der Waals surface area contributed by atoms with Crippen LogP contribution >= 0.6 is 11.3 Å². The second kappa shape index (κ2) is 6.81. The summed E-state index contributed by atoms with van der Waals surface area (Å²) in [6, 6.07) is 0. The van der Waals surface area contributed by atoms with Crippen molar-refractivity contribution in [3.63, 3.8) is 0 Å². The first-order valence-electron chi connectivity index (χ1n) is 6.69. The highest BCUT2D eigenvalue weighted by molar-refractivity contribution is 7.13. The van der Waals surface area contributed by atoms with Crippen LogP contribution in [0.1, 0.15) is 12.8 Å². The van der Waals surface area contributed by atoms with Gasteiger partial charge < -0.3 is 15.1 Å². The molecule has 1 unspecified atom stereocenters. The third-order valence-corrected chi connectivity index (χ3v) is 3.97. The van der Waals surface area contributed by atoms with Gasteiger partial charge in [0, 0.05) is 31.1 Å². The van der Waals surface area contributed by atoms with E-state index in [4.69, 9.17) is 0 Å². The Morgan fingerprint density at radius 3 is 3.05 bits per heavy atom. The molecule has 7 heteroatoms. The maximum absolute atomic E-state index is 12.1. The number of nitrogens with one attached hydrogen (secondary N) is 1. The molecule has 0 spiro atoms. The van der Waals surface area contributed by atoms with Gasteiger partial charge in [0.25, 0.3) is 0 Å². The normalized spacial score (nSPS) is 18.9. The summed E-state index contributed by atoms with van der Waals surface area (Å²) >= 11 is 1.38. The molecule has 0 aromatic carbocycles. The number of hydrogen-bond acceptors (Lipinski definition) is 5. The molecule has 1 aliphatic heterocycles. The maximum atomic E-state index is 12.1. The smallest absolute Gasteiger partial charge is 0.231 e. The van der Waals surface area contributed by atoms with Gasteiger partial charge >= 0.3 is 0 Å². The van der Waals surface area contributed by atoms with Crippen molar-refractivity contribution in [2.45, 2.75) is 12.8 Å². The number of likely N-dealkylation sites (tertiary alicyclic amines) is 1. The highest BCUT2D eigenvalue weighted by Gasteiger charge is 2.34. The lowest BCUT2D eigenvalue weighted by Gasteiger charge is -2.17. The molecule has 1 aromatic heterocycles. The molecule has 0 aliphatic carbocycles. The minimum absolute atomic E-state index is 0.0723. The average molecular weight is 296 g/mol. The summed E-state index contributed by atoms with van der Waals surface area (Å²) in [5.41, 5.74) is 0. The van der Waals surface area contributed by atoms with Gasteiger partial charge in [-0.15, -0.1) is 11.3 Å². The van der Waals surface area contributed by atoms with Gasteiger partial charge in [-0.3, -0.25) is 9.59 Å². The van der Waals surface area contributed by atoms with E-state index in [1.165, 1.54) is 11.3 Å². The van der Waals surface area contributed by atoms with Crippen LogP contribution in [0.5, 0.6) is 0 Å². The quantitative estimate of drug-likeness (QED) is 0.846. The van der Waals surface area contributed by atoms with Gasteiger partial charge in [0.05, 0.1) is 5.92 Å². The molecule has 0 bridgehead atoms. The van der Waals surface area contributed by atoms with Gasteiger partial charge in [0.2, 0.25) is 11.8 Å². The molecule has 1 fully saturated rings. The van der Waals surface area contributed by atoms with Crippen LogP contribution in [0.4, 0.5) is 5.13 Å². The summed E-state index contributed by atoms with van der Waals surface area (Å²) in [6.07, 6.45) is 2.88. The van der Waals surface area contributed by atoms with Gasteiger partial charge in [0.15, 0.2) is 5.13 Å². The molecule has 0 radical (unpaired) electrons. The Morgan fingerprint density at radius 1 is 1.60 bits per heavy atom. The Balaban J connectivity index is 1.80. The summed E-state index contributed by atoms with van der Waals surface area (Å²) in [5.74, 6) is -0.294. The van der Waals surface area contributed by atoms with Crippen LogP contribution in [0.3, 0.4) is 0 Å². The molecule has 1 atom stereocenters. The fraction of sp³-hybridized carbons (Fsp3) is 0.615. The van der Waals surface area contributed by atoms with Crippen LogP contribution in [0.2, 0.25) is 0 Å². The Morgan fingerprint density at radius 2 is 2.40 bits per heavy atom. The summed E-state index contributed by atoms with van der Waals surface area (Å²) < 4.78 is 0. The van der Waals surface area contributed by atoms with Crippen molar-refractivity contribution in [3.8, 4) is 0 Å². The zero-order chi connectivity index (χ0) is 14.5. The lowest BCUT2D eigenvalue weighted by molar-refractivity contribution is -0.128. The van der Waals surface area contributed by atoms with E-state index in [0.717, 1.165) is 19.5 Å². The van der Waals surface area contributed by atoms with E-state index in [0.29, 0.717) is 18.1 Å². The molecule has 110 valence electrons. The molecule has 1 aliphatic rings. The number of carbonyl (C=O) groups is 2.